The average Bonchev–Trinajstić information content (AvgIpc) is 2.25. The Morgan fingerprint density at radius 3 is 2.65 bits per heavy atom. The summed E-state index contributed by atoms with van der Waals surface area (Å²) in [5.74, 6) is -3.35. The van der Waals surface area contributed by atoms with Gasteiger partial charge < -0.3 is 5.32 Å². The summed E-state index contributed by atoms with van der Waals surface area (Å²) >= 11 is 0. The number of nitro benzene ring substituents is 1. The van der Waals surface area contributed by atoms with Gasteiger partial charge in [-0.2, -0.15) is 4.39 Å². The van der Waals surface area contributed by atoms with Crippen LogP contribution in [0.3, 0.4) is 0 Å². The molecule has 0 saturated heterocycles. The first-order valence-electron chi connectivity index (χ1n) is 4.50. The van der Waals surface area contributed by atoms with Crippen molar-refractivity contribution in [3.63, 3.8) is 0 Å². The van der Waals surface area contributed by atoms with E-state index in [1.165, 1.54) is 6.08 Å². The number of nitrogens with zero attached hydrogens (tertiary/aromatic N) is 1. The van der Waals surface area contributed by atoms with Crippen LogP contribution in [-0.4, -0.2) is 17.4 Å². The second-order valence-electron chi connectivity index (χ2n) is 3.04. The van der Waals surface area contributed by atoms with E-state index in [1.807, 2.05) is 0 Å². The summed E-state index contributed by atoms with van der Waals surface area (Å²) in [5, 5.41) is 12.7. The average molecular weight is 242 g/mol. The minimum Gasteiger partial charge on any atom is -0.348 e. The first-order chi connectivity index (χ1) is 7.97. The molecule has 0 aromatic heterocycles. The molecule has 5 nitrogen and oxygen atoms in total. The maximum atomic E-state index is 13.2. The monoisotopic (exact) mass is 242 g/mol. The van der Waals surface area contributed by atoms with Crippen LogP contribution in [0.5, 0.6) is 0 Å². The lowest BCUT2D eigenvalue weighted by Crippen LogP contribution is -2.24. The molecule has 1 N–H and O–H groups in total. The number of carbonyl (C=O) groups excluding carboxylic acids is 1. The topological polar surface area (TPSA) is 72.2 Å². The number of benzene rings is 1. The third-order valence-corrected chi connectivity index (χ3v) is 1.88. The quantitative estimate of drug-likeness (QED) is 0.497. The van der Waals surface area contributed by atoms with E-state index in [0.29, 0.717) is 12.1 Å². The van der Waals surface area contributed by atoms with Crippen LogP contribution in [0, 0.1) is 21.7 Å². The molecule has 0 aliphatic rings. The van der Waals surface area contributed by atoms with Crippen molar-refractivity contribution in [3.8, 4) is 0 Å². The van der Waals surface area contributed by atoms with Crippen molar-refractivity contribution in [2.75, 3.05) is 6.54 Å². The Morgan fingerprint density at radius 2 is 2.12 bits per heavy atom. The fraction of sp³-hybridized carbons (Fsp3) is 0.100. The largest absolute Gasteiger partial charge is 0.348 e. The molecule has 0 saturated carbocycles. The molecule has 0 heterocycles. The number of carbonyl (C=O) groups is 1. The van der Waals surface area contributed by atoms with Gasteiger partial charge in [0.25, 0.3) is 5.91 Å². The van der Waals surface area contributed by atoms with E-state index in [-0.39, 0.29) is 6.54 Å². The van der Waals surface area contributed by atoms with E-state index in [0.717, 1.165) is 0 Å². The van der Waals surface area contributed by atoms with Gasteiger partial charge in [-0.3, -0.25) is 14.9 Å². The summed E-state index contributed by atoms with van der Waals surface area (Å²) in [6.07, 6.45) is 1.35. The van der Waals surface area contributed by atoms with Crippen LogP contribution in [0.4, 0.5) is 14.5 Å². The molecule has 1 aromatic rings. The molecule has 0 spiro atoms. The van der Waals surface area contributed by atoms with Gasteiger partial charge in [-0.1, -0.05) is 6.08 Å². The molecule has 7 heteroatoms. The zero-order valence-electron chi connectivity index (χ0n) is 8.57. The van der Waals surface area contributed by atoms with Crippen molar-refractivity contribution in [2.45, 2.75) is 0 Å². The third kappa shape index (κ3) is 2.83. The lowest BCUT2D eigenvalue weighted by molar-refractivity contribution is -0.387. The molecule has 0 bridgehead atoms. The number of hydrogen-bond donors (Lipinski definition) is 1. The van der Waals surface area contributed by atoms with Crippen molar-refractivity contribution >= 4 is 11.6 Å². The number of hydrogen-bond acceptors (Lipinski definition) is 3. The van der Waals surface area contributed by atoms with Crippen LogP contribution < -0.4 is 5.32 Å². The van der Waals surface area contributed by atoms with Crippen molar-refractivity contribution in [2.24, 2.45) is 0 Å². The van der Waals surface area contributed by atoms with Crippen molar-refractivity contribution < 1.29 is 18.5 Å². The van der Waals surface area contributed by atoms with Gasteiger partial charge in [0, 0.05) is 18.7 Å². The molecule has 0 aliphatic heterocycles. The molecule has 1 aromatic carbocycles. The molecule has 90 valence electrons. The fourth-order valence-electron chi connectivity index (χ4n) is 1.11. The van der Waals surface area contributed by atoms with E-state index in [9.17, 15) is 23.7 Å². The molecular weight excluding hydrogens is 234 g/mol. The third-order valence-electron chi connectivity index (χ3n) is 1.88. The van der Waals surface area contributed by atoms with Crippen molar-refractivity contribution in [3.05, 3.63) is 52.1 Å². The van der Waals surface area contributed by atoms with Gasteiger partial charge in [-0.25, -0.2) is 4.39 Å². The molecule has 0 aliphatic carbocycles. The second-order valence-corrected chi connectivity index (χ2v) is 3.04. The summed E-state index contributed by atoms with van der Waals surface area (Å²) in [4.78, 5) is 20.8. The Labute approximate surface area is 94.9 Å². The smallest absolute Gasteiger partial charge is 0.305 e. The lowest BCUT2D eigenvalue weighted by Gasteiger charge is -2.04. The Bertz CT molecular complexity index is 489. The Balaban J connectivity index is 3.15. The van der Waals surface area contributed by atoms with Gasteiger partial charge in [0.05, 0.1) is 10.5 Å². The minimum absolute atomic E-state index is 0.0729. The number of rotatable bonds is 4. The lowest BCUT2D eigenvalue weighted by atomic mass is 10.1. The van der Waals surface area contributed by atoms with Gasteiger partial charge in [0.15, 0.2) is 0 Å². The molecule has 1 rings (SSSR count). The van der Waals surface area contributed by atoms with Crippen LogP contribution in [0.2, 0.25) is 0 Å². The predicted molar refractivity (Wildman–Crippen MR) is 55.5 cm³/mol. The number of nitro groups is 1. The van der Waals surface area contributed by atoms with Crippen LogP contribution >= 0.6 is 0 Å². The van der Waals surface area contributed by atoms with Crippen molar-refractivity contribution in [1.82, 2.24) is 5.32 Å². The van der Waals surface area contributed by atoms with E-state index in [4.69, 9.17) is 0 Å². The maximum Gasteiger partial charge on any atom is 0.305 e. The zero-order chi connectivity index (χ0) is 13.0. The highest BCUT2D eigenvalue weighted by atomic mass is 19.1. The highest BCUT2D eigenvalue weighted by Gasteiger charge is 2.21. The first-order valence-corrected chi connectivity index (χ1v) is 4.50. The maximum absolute atomic E-state index is 13.2. The van der Waals surface area contributed by atoms with E-state index < -0.39 is 33.7 Å². The summed E-state index contributed by atoms with van der Waals surface area (Å²) < 4.78 is 26.2. The van der Waals surface area contributed by atoms with E-state index >= 15 is 0 Å². The highest BCUT2D eigenvalue weighted by Crippen LogP contribution is 2.21. The van der Waals surface area contributed by atoms with E-state index in [2.05, 4.69) is 11.9 Å². The summed E-state index contributed by atoms with van der Waals surface area (Å²) in [6, 6.07) is 0.865. The van der Waals surface area contributed by atoms with Crippen LogP contribution in [0.15, 0.2) is 24.8 Å². The standard InChI is InChI=1S/C10H8F2N2O3/c1-2-3-13-10(15)6-4-9(14(16)17)8(12)5-7(6)11/h2,4-5H,1,3H2,(H,13,15). The molecule has 17 heavy (non-hydrogen) atoms. The Morgan fingerprint density at radius 1 is 1.47 bits per heavy atom. The molecule has 0 radical (unpaired) electrons. The number of amides is 1. The Kier molecular flexibility index (Phi) is 3.86. The molecule has 0 fully saturated rings. The van der Waals surface area contributed by atoms with Crippen LogP contribution in [-0.2, 0) is 0 Å². The molecular formula is C10H8F2N2O3. The van der Waals surface area contributed by atoms with Gasteiger partial charge >= 0.3 is 5.69 Å². The zero-order valence-corrected chi connectivity index (χ0v) is 8.57. The van der Waals surface area contributed by atoms with Crippen molar-refractivity contribution in [1.29, 1.82) is 0 Å². The molecule has 0 atom stereocenters. The number of nitrogens with one attached hydrogen (secondary N) is 1. The minimum atomic E-state index is -1.33. The van der Waals surface area contributed by atoms with Gasteiger partial charge in [-0.05, 0) is 0 Å². The fourth-order valence-corrected chi connectivity index (χ4v) is 1.11. The van der Waals surface area contributed by atoms with E-state index in [1.54, 1.807) is 0 Å². The highest BCUT2D eigenvalue weighted by molar-refractivity contribution is 5.95. The predicted octanol–water partition coefficient (Wildman–Crippen LogP) is 1.79. The Hall–Kier alpha value is -2.31. The van der Waals surface area contributed by atoms with Crippen LogP contribution in [0.25, 0.3) is 0 Å². The van der Waals surface area contributed by atoms with Gasteiger partial charge in [0.2, 0.25) is 5.82 Å². The molecule has 0 unspecified atom stereocenters. The van der Waals surface area contributed by atoms with Gasteiger partial charge in [0.1, 0.15) is 5.82 Å². The first kappa shape index (κ1) is 12.8. The molecule has 1 amide bonds. The second kappa shape index (κ2) is 5.15. The normalized spacial score (nSPS) is 9.76. The summed E-state index contributed by atoms with van der Waals surface area (Å²) in [5.41, 5.74) is -1.53. The summed E-state index contributed by atoms with van der Waals surface area (Å²) in [6.45, 7) is 3.40. The number of halogens is 2. The summed E-state index contributed by atoms with van der Waals surface area (Å²) in [7, 11) is 0. The van der Waals surface area contributed by atoms with Crippen LogP contribution in [0.1, 0.15) is 10.4 Å². The SMILES string of the molecule is C=CCNC(=O)c1cc([N+](=O)[O-])c(F)cc1F. The van der Waals surface area contributed by atoms with Gasteiger partial charge in [-0.15, -0.1) is 6.58 Å².